The van der Waals surface area contributed by atoms with Crippen LogP contribution < -0.4 is 4.74 Å². The molecule has 0 saturated carbocycles. The summed E-state index contributed by atoms with van der Waals surface area (Å²) in [6.45, 7) is 3.91. The predicted octanol–water partition coefficient (Wildman–Crippen LogP) is 1.62. The molecule has 3 rings (SSSR count). The van der Waals surface area contributed by atoms with Crippen LogP contribution in [-0.4, -0.2) is 73.4 Å². The molecule has 0 spiro atoms. The maximum atomic E-state index is 12.2. The van der Waals surface area contributed by atoms with Crippen molar-refractivity contribution in [3.63, 3.8) is 0 Å². The zero-order chi connectivity index (χ0) is 19.1. The van der Waals surface area contributed by atoms with Crippen molar-refractivity contribution in [2.75, 3.05) is 46.4 Å². The molecule has 2 aromatic rings. The average molecular weight is 374 g/mol. The first-order chi connectivity index (χ1) is 13.2. The molecule has 1 aliphatic rings. The topological polar surface area (TPSA) is 75.4 Å². The molecule has 1 amide bonds. The number of methoxy groups -OCH3 is 1. The third kappa shape index (κ3) is 5.56. The standard InChI is InChI=1S/C20H26N2O5/c1-25-18-5-2-4-16(12-18)14-26-15-17(23)13-21-7-9-22(10-8-21)20(24)19-6-3-11-27-19/h2-6,11-12,17,23H,7-10,13-15H2,1H3. The second kappa shape index (κ2) is 9.55. The van der Waals surface area contributed by atoms with E-state index in [2.05, 4.69) is 4.90 Å². The number of aliphatic hydroxyl groups is 1. The molecule has 1 unspecified atom stereocenters. The molecule has 1 aliphatic heterocycles. The molecule has 0 radical (unpaired) electrons. The van der Waals surface area contributed by atoms with Gasteiger partial charge in [-0.05, 0) is 29.8 Å². The fourth-order valence-electron chi connectivity index (χ4n) is 3.12. The summed E-state index contributed by atoms with van der Waals surface area (Å²) in [6, 6.07) is 11.1. The van der Waals surface area contributed by atoms with Crippen molar-refractivity contribution in [1.29, 1.82) is 0 Å². The number of aliphatic hydroxyl groups excluding tert-OH is 1. The SMILES string of the molecule is COc1cccc(COCC(O)CN2CCN(C(=O)c3ccco3)CC2)c1. The van der Waals surface area contributed by atoms with E-state index in [0.29, 0.717) is 32.0 Å². The number of amides is 1. The molecule has 27 heavy (non-hydrogen) atoms. The number of furan rings is 1. The molecular formula is C20H26N2O5. The Labute approximate surface area is 159 Å². The maximum absolute atomic E-state index is 12.2. The van der Waals surface area contributed by atoms with Gasteiger partial charge in [0.15, 0.2) is 5.76 Å². The molecule has 146 valence electrons. The minimum atomic E-state index is -0.567. The Morgan fingerprint density at radius 3 is 2.74 bits per heavy atom. The fourth-order valence-corrected chi connectivity index (χ4v) is 3.12. The van der Waals surface area contributed by atoms with Gasteiger partial charge >= 0.3 is 0 Å². The minimum Gasteiger partial charge on any atom is -0.497 e. The molecule has 1 fully saturated rings. The summed E-state index contributed by atoms with van der Waals surface area (Å²) in [5.41, 5.74) is 1.01. The van der Waals surface area contributed by atoms with Crippen molar-refractivity contribution < 1.29 is 23.8 Å². The third-order valence-corrected chi connectivity index (χ3v) is 4.57. The molecule has 0 bridgehead atoms. The second-order valence-electron chi connectivity index (χ2n) is 6.59. The van der Waals surface area contributed by atoms with E-state index in [1.165, 1.54) is 6.26 Å². The van der Waals surface area contributed by atoms with Crippen LogP contribution in [0.4, 0.5) is 0 Å². The summed E-state index contributed by atoms with van der Waals surface area (Å²) in [5.74, 6) is 1.08. The van der Waals surface area contributed by atoms with Crippen molar-refractivity contribution in [3.8, 4) is 5.75 Å². The first-order valence-electron chi connectivity index (χ1n) is 9.09. The van der Waals surface area contributed by atoms with Gasteiger partial charge in [0.2, 0.25) is 0 Å². The summed E-state index contributed by atoms with van der Waals surface area (Å²) >= 11 is 0. The molecular weight excluding hydrogens is 348 g/mol. The van der Waals surface area contributed by atoms with E-state index in [1.807, 2.05) is 24.3 Å². The van der Waals surface area contributed by atoms with E-state index < -0.39 is 6.10 Å². The Balaban J connectivity index is 1.35. The van der Waals surface area contributed by atoms with Crippen molar-refractivity contribution >= 4 is 5.91 Å². The van der Waals surface area contributed by atoms with Crippen LogP contribution in [0, 0.1) is 0 Å². The highest BCUT2D eigenvalue weighted by Gasteiger charge is 2.24. The average Bonchev–Trinajstić information content (AvgIpc) is 3.23. The molecule has 0 aliphatic carbocycles. The smallest absolute Gasteiger partial charge is 0.289 e. The van der Waals surface area contributed by atoms with Crippen LogP contribution in [0.5, 0.6) is 5.75 Å². The normalized spacial score (nSPS) is 16.3. The van der Waals surface area contributed by atoms with Gasteiger partial charge in [-0.2, -0.15) is 0 Å². The number of hydrogen-bond donors (Lipinski definition) is 1. The highest BCUT2D eigenvalue weighted by molar-refractivity contribution is 5.91. The maximum Gasteiger partial charge on any atom is 0.289 e. The molecule has 1 N–H and O–H groups in total. The number of nitrogens with zero attached hydrogens (tertiary/aromatic N) is 2. The van der Waals surface area contributed by atoms with Gasteiger partial charge in [-0.15, -0.1) is 0 Å². The van der Waals surface area contributed by atoms with E-state index in [-0.39, 0.29) is 12.5 Å². The molecule has 7 heteroatoms. The first-order valence-corrected chi connectivity index (χ1v) is 9.09. The van der Waals surface area contributed by atoms with E-state index in [1.54, 1.807) is 24.1 Å². The van der Waals surface area contributed by atoms with Gasteiger partial charge in [0.25, 0.3) is 5.91 Å². The zero-order valence-electron chi connectivity index (χ0n) is 15.5. The quantitative estimate of drug-likeness (QED) is 0.757. The number of rotatable bonds is 8. The van der Waals surface area contributed by atoms with Crippen LogP contribution in [0.1, 0.15) is 16.1 Å². The minimum absolute atomic E-state index is 0.0816. The van der Waals surface area contributed by atoms with Crippen LogP contribution in [-0.2, 0) is 11.3 Å². The number of carbonyl (C=O) groups excluding carboxylic acids is 1. The number of β-amino-alcohol motifs (C(OH)–C–C–N with tert-alkyl or cyclic N) is 1. The van der Waals surface area contributed by atoms with Gasteiger partial charge in [-0.25, -0.2) is 0 Å². The van der Waals surface area contributed by atoms with Crippen LogP contribution in [0.2, 0.25) is 0 Å². The highest BCUT2D eigenvalue weighted by Crippen LogP contribution is 2.14. The van der Waals surface area contributed by atoms with Crippen molar-refractivity contribution in [3.05, 3.63) is 54.0 Å². The first kappa shape index (κ1) is 19.4. The van der Waals surface area contributed by atoms with Crippen LogP contribution in [0.25, 0.3) is 0 Å². The van der Waals surface area contributed by atoms with Gasteiger partial charge in [0.05, 0.1) is 32.7 Å². The zero-order valence-corrected chi connectivity index (χ0v) is 15.5. The summed E-state index contributed by atoms with van der Waals surface area (Å²) < 4.78 is 16.0. The van der Waals surface area contributed by atoms with Gasteiger partial charge < -0.3 is 23.9 Å². The van der Waals surface area contributed by atoms with E-state index in [4.69, 9.17) is 13.9 Å². The Hall–Kier alpha value is -2.35. The second-order valence-corrected chi connectivity index (χ2v) is 6.59. The summed E-state index contributed by atoms with van der Waals surface area (Å²) in [5, 5.41) is 10.2. The van der Waals surface area contributed by atoms with E-state index >= 15 is 0 Å². The van der Waals surface area contributed by atoms with Crippen LogP contribution in [0.3, 0.4) is 0 Å². The molecule has 7 nitrogen and oxygen atoms in total. The Kier molecular flexibility index (Phi) is 6.86. The number of carbonyl (C=O) groups is 1. The van der Waals surface area contributed by atoms with Gasteiger partial charge in [-0.3, -0.25) is 9.69 Å². The highest BCUT2D eigenvalue weighted by atomic mass is 16.5. The van der Waals surface area contributed by atoms with E-state index in [0.717, 1.165) is 24.4 Å². The van der Waals surface area contributed by atoms with Gasteiger partial charge in [-0.1, -0.05) is 12.1 Å². The van der Waals surface area contributed by atoms with Gasteiger partial charge in [0.1, 0.15) is 5.75 Å². The largest absolute Gasteiger partial charge is 0.497 e. The molecule has 1 saturated heterocycles. The summed E-state index contributed by atoms with van der Waals surface area (Å²) in [6.07, 6.45) is 0.939. The van der Waals surface area contributed by atoms with Gasteiger partial charge in [0, 0.05) is 32.7 Å². The van der Waals surface area contributed by atoms with Crippen molar-refractivity contribution in [1.82, 2.24) is 9.80 Å². The number of piperazine rings is 1. The summed E-state index contributed by atoms with van der Waals surface area (Å²) in [4.78, 5) is 16.2. The lowest BCUT2D eigenvalue weighted by molar-refractivity contribution is 0.00178. The van der Waals surface area contributed by atoms with Crippen molar-refractivity contribution in [2.45, 2.75) is 12.7 Å². The molecule has 1 aromatic heterocycles. The Morgan fingerprint density at radius 1 is 1.22 bits per heavy atom. The predicted molar refractivity (Wildman–Crippen MR) is 99.7 cm³/mol. The lowest BCUT2D eigenvalue weighted by atomic mass is 10.2. The molecule has 1 atom stereocenters. The molecule has 1 aromatic carbocycles. The van der Waals surface area contributed by atoms with Crippen LogP contribution >= 0.6 is 0 Å². The molecule has 2 heterocycles. The Bertz CT molecular complexity index is 711. The van der Waals surface area contributed by atoms with Crippen LogP contribution in [0.15, 0.2) is 47.1 Å². The van der Waals surface area contributed by atoms with E-state index in [9.17, 15) is 9.90 Å². The Morgan fingerprint density at radius 2 is 2.04 bits per heavy atom. The lowest BCUT2D eigenvalue weighted by Crippen LogP contribution is -2.50. The number of benzene rings is 1. The number of ether oxygens (including phenoxy) is 2. The lowest BCUT2D eigenvalue weighted by Gasteiger charge is -2.35. The number of hydrogen-bond acceptors (Lipinski definition) is 6. The van der Waals surface area contributed by atoms with Crippen molar-refractivity contribution in [2.24, 2.45) is 0 Å². The third-order valence-electron chi connectivity index (χ3n) is 4.57. The fraction of sp³-hybridized carbons (Fsp3) is 0.450. The monoisotopic (exact) mass is 374 g/mol. The summed E-state index contributed by atoms with van der Waals surface area (Å²) in [7, 11) is 1.63.